The van der Waals surface area contributed by atoms with Gasteiger partial charge in [-0.2, -0.15) is 17.5 Å². The highest BCUT2D eigenvalue weighted by Crippen LogP contribution is 2.28. The lowest BCUT2D eigenvalue weighted by Crippen LogP contribution is -2.51. The Morgan fingerprint density at radius 1 is 1.35 bits per heavy atom. The molecule has 0 aliphatic carbocycles. The van der Waals surface area contributed by atoms with Crippen LogP contribution in [0.5, 0.6) is 0 Å². The summed E-state index contributed by atoms with van der Waals surface area (Å²) in [5, 5.41) is 6.24. The van der Waals surface area contributed by atoms with Gasteiger partial charge in [-0.05, 0) is 19.8 Å². The van der Waals surface area contributed by atoms with Crippen molar-refractivity contribution in [3.8, 4) is 0 Å². The third kappa shape index (κ3) is 5.34. The van der Waals surface area contributed by atoms with Crippen molar-refractivity contribution >= 4 is 16.0 Å². The molecule has 0 amide bonds. The van der Waals surface area contributed by atoms with Crippen LogP contribution in [0.15, 0.2) is 23.7 Å². The number of imidazole rings is 1. The molecule has 1 aromatic rings. The second-order valence-electron chi connectivity index (χ2n) is 5.83. The highest BCUT2D eigenvalue weighted by molar-refractivity contribution is 7.90. The maximum Gasteiger partial charge on any atom is 0.511 e. The molecule has 0 radical (unpaired) electrons. The number of halogens is 3. The topological polar surface area (TPSA) is 91.6 Å². The summed E-state index contributed by atoms with van der Waals surface area (Å²) in [5.74, 6) is 0.560. The minimum absolute atomic E-state index is 0.138. The van der Waals surface area contributed by atoms with E-state index in [1.54, 1.807) is 12.5 Å². The average Bonchev–Trinajstić information content (AvgIpc) is 3.08. The number of aromatic nitrogens is 2. The van der Waals surface area contributed by atoms with E-state index in [4.69, 9.17) is 0 Å². The van der Waals surface area contributed by atoms with Gasteiger partial charge in [-0.15, -0.1) is 0 Å². The second kappa shape index (κ2) is 8.71. The first-order chi connectivity index (χ1) is 12.2. The van der Waals surface area contributed by atoms with Crippen molar-refractivity contribution in [2.75, 3.05) is 26.2 Å². The Labute approximate surface area is 150 Å². The minimum Gasteiger partial charge on any atom is -0.357 e. The molecule has 1 aromatic heterocycles. The summed E-state index contributed by atoms with van der Waals surface area (Å²) in [5.41, 5.74) is -5.25. The van der Waals surface area contributed by atoms with Crippen molar-refractivity contribution in [2.24, 2.45) is 4.99 Å². The molecular formula is C14H23F3N6O2S. The number of hydrogen-bond acceptors (Lipinski definition) is 4. The van der Waals surface area contributed by atoms with E-state index in [1.165, 1.54) is 0 Å². The number of guanidine groups is 1. The SMILES string of the molecule is CCNC(=NCCn1ccnc1)NC1CCN(S(=O)(=O)C(F)(F)F)CC1. The maximum absolute atomic E-state index is 12.6. The van der Waals surface area contributed by atoms with Gasteiger partial charge in [0, 0.05) is 44.6 Å². The monoisotopic (exact) mass is 396 g/mol. The van der Waals surface area contributed by atoms with Gasteiger partial charge in [0.1, 0.15) is 0 Å². The lowest BCUT2D eigenvalue weighted by Gasteiger charge is -2.32. The van der Waals surface area contributed by atoms with Crippen LogP contribution in [0, 0.1) is 0 Å². The first-order valence-corrected chi connectivity index (χ1v) is 9.75. The molecule has 1 aliphatic heterocycles. The highest BCUT2D eigenvalue weighted by Gasteiger charge is 2.50. The minimum atomic E-state index is -5.25. The first kappa shape index (κ1) is 20.5. The molecule has 2 heterocycles. The van der Waals surface area contributed by atoms with Crippen molar-refractivity contribution in [3.05, 3.63) is 18.7 Å². The van der Waals surface area contributed by atoms with E-state index in [2.05, 4.69) is 20.6 Å². The molecule has 2 N–H and O–H groups in total. The Kier molecular flexibility index (Phi) is 6.87. The molecule has 0 saturated carbocycles. The molecule has 0 aromatic carbocycles. The van der Waals surface area contributed by atoms with Gasteiger partial charge in [-0.3, -0.25) is 4.99 Å². The fourth-order valence-electron chi connectivity index (χ4n) is 2.60. The summed E-state index contributed by atoms with van der Waals surface area (Å²) in [4.78, 5) is 8.37. The summed E-state index contributed by atoms with van der Waals surface area (Å²) in [6.07, 6.45) is 5.75. The predicted molar refractivity (Wildman–Crippen MR) is 90.9 cm³/mol. The van der Waals surface area contributed by atoms with Gasteiger partial charge in [0.05, 0.1) is 12.9 Å². The van der Waals surface area contributed by atoms with E-state index < -0.39 is 15.5 Å². The van der Waals surface area contributed by atoms with E-state index in [1.807, 2.05) is 17.7 Å². The van der Waals surface area contributed by atoms with Crippen molar-refractivity contribution in [1.29, 1.82) is 0 Å². The molecule has 1 aliphatic rings. The Bertz CT molecular complexity index is 682. The van der Waals surface area contributed by atoms with E-state index in [-0.39, 0.29) is 32.0 Å². The summed E-state index contributed by atoms with van der Waals surface area (Å²) >= 11 is 0. The van der Waals surface area contributed by atoms with Crippen molar-refractivity contribution < 1.29 is 21.6 Å². The van der Waals surface area contributed by atoms with Crippen LogP contribution in [-0.2, 0) is 16.6 Å². The fourth-order valence-corrected chi connectivity index (χ4v) is 3.58. The molecule has 0 bridgehead atoms. The molecule has 0 unspecified atom stereocenters. The summed E-state index contributed by atoms with van der Waals surface area (Å²) in [6.45, 7) is 3.36. The van der Waals surface area contributed by atoms with Crippen molar-refractivity contribution in [1.82, 2.24) is 24.5 Å². The Morgan fingerprint density at radius 2 is 2.04 bits per heavy atom. The first-order valence-electron chi connectivity index (χ1n) is 8.31. The van der Waals surface area contributed by atoms with Crippen molar-refractivity contribution in [2.45, 2.75) is 37.9 Å². The number of aliphatic imine (C=N–C) groups is 1. The number of hydrogen-bond donors (Lipinski definition) is 2. The van der Waals surface area contributed by atoms with Crippen LogP contribution in [0.2, 0.25) is 0 Å². The van der Waals surface area contributed by atoms with Gasteiger partial charge in [0.25, 0.3) is 0 Å². The van der Waals surface area contributed by atoms with Gasteiger partial charge in [-0.1, -0.05) is 0 Å². The quantitative estimate of drug-likeness (QED) is 0.547. The Hall–Kier alpha value is -1.82. The van der Waals surface area contributed by atoms with Gasteiger partial charge in [-0.25, -0.2) is 13.4 Å². The zero-order valence-corrected chi connectivity index (χ0v) is 15.2. The van der Waals surface area contributed by atoms with E-state index >= 15 is 0 Å². The molecule has 1 saturated heterocycles. The van der Waals surface area contributed by atoms with E-state index in [0.29, 0.717) is 29.9 Å². The number of piperidine rings is 1. The van der Waals surface area contributed by atoms with E-state index in [9.17, 15) is 21.6 Å². The van der Waals surface area contributed by atoms with Crippen LogP contribution < -0.4 is 10.6 Å². The normalized spacial score (nSPS) is 18.1. The maximum atomic E-state index is 12.6. The highest BCUT2D eigenvalue weighted by atomic mass is 32.2. The van der Waals surface area contributed by atoms with Crippen LogP contribution in [0.3, 0.4) is 0 Å². The largest absolute Gasteiger partial charge is 0.511 e. The number of rotatable bonds is 6. The molecule has 148 valence electrons. The van der Waals surface area contributed by atoms with Crippen LogP contribution in [-0.4, -0.2) is 66.0 Å². The molecule has 8 nitrogen and oxygen atoms in total. The van der Waals surface area contributed by atoms with Crippen LogP contribution in [0.25, 0.3) is 0 Å². The average molecular weight is 396 g/mol. The summed E-state index contributed by atoms with van der Waals surface area (Å²) < 4.78 is 63.0. The molecule has 26 heavy (non-hydrogen) atoms. The summed E-state index contributed by atoms with van der Waals surface area (Å²) in [6, 6.07) is -0.138. The number of nitrogens with zero attached hydrogens (tertiary/aromatic N) is 4. The fraction of sp³-hybridized carbons (Fsp3) is 0.714. The van der Waals surface area contributed by atoms with Crippen LogP contribution >= 0.6 is 0 Å². The Morgan fingerprint density at radius 3 is 2.58 bits per heavy atom. The van der Waals surface area contributed by atoms with Crippen LogP contribution in [0.1, 0.15) is 19.8 Å². The van der Waals surface area contributed by atoms with Gasteiger partial charge >= 0.3 is 15.5 Å². The third-order valence-corrected chi connectivity index (χ3v) is 5.59. The Balaban J connectivity index is 1.87. The second-order valence-corrected chi connectivity index (χ2v) is 7.76. The zero-order valence-electron chi connectivity index (χ0n) is 14.4. The summed E-state index contributed by atoms with van der Waals surface area (Å²) in [7, 11) is -5.25. The standard InChI is InChI=1S/C14H23F3N6O2S/c1-2-19-13(20-6-10-22-9-5-18-11-22)21-12-3-7-23(8-4-12)26(24,25)14(15,16)17/h5,9,11-12H,2-4,6-8,10H2,1H3,(H2,19,20,21). The van der Waals surface area contributed by atoms with Gasteiger partial charge < -0.3 is 15.2 Å². The molecule has 0 atom stereocenters. The lowest BCUT2D eigenvalue weighted by atomic mass is 10.1. The molecule has 0 spiro atoms. The lowest BCUT2D eigenvalue weighted by molar-refractivity contribution is -0.0494. The van der Waals surface area contributed by atoms with E-state index in [0.717, 1.165) is 0 Å². The predicted octanol–water partition coefficient (Wildman–Crippen LogP) is 0.752. The number of alkyl halides is 3. The van der Waals surface area contributed by atoms with Crippen LogP contribution in [0.4, 0.5) is 13.2 Å². The number of sulfonamides is 1. The smallest absolute Gasteiger partial charge is 0.357 e. The van der Waals surface area contributed by atoms with Gasteiger partial charge in [0.15, 0.2) is 5.96 Å². The zero-order chi connectivity index (χ0) is 19.2. The molecular weight excluding hydrogens is 373 g/mol. The molecule has 1 fully saturated rings. The van der Waals surface area contributed by atoms with Crippen molar-refractivity contribution in [3.63, 3.8) is 0 Å². The number of nitrogens with one attached hydrogen (secondary N) is 2. The third-order valence-electron chi connectivity index (χ3n) is 3.96. The molecule has 12 heteroatoms. The molecule has 2 rings (SSSR count). The van der Waals surface area contributed by atoms with Gasteiger partial charge in [0.2, 0.25) is 0 Å².